The summed E-state index contributed by atoms with van der Waals surface area (Å²) < 4.78 is 7.01. The van der Waals surface area contributed by atoms with Crippen LogP contribution in [-0.4, -0.2) is 21.9 Å². The Hall–Kier alpha value is -1.92. The molecule has 0 amide bonds. The number of hydrogen-bond donors (Lipinski definition) is 2. The van der Waals surface area contributed by atoms with E-state index in [4.69, 9.17) is 10.6 Å². The average Bonchev–Trinajstić information content (AvgIpc) is 2.81. The first-order valence-electron chi connectivity index (χ1n) is 5.67. The third-order valence-electron chi connectivity index (χ3n) is 2.77. The lowest BCUT2D eigenvalue weighted by Crippen LogP contribution is -2.30. The Balaban J connectivity index is 2.22. The van der Waals surface area contributed by atoms with Crippen LogP contribution in [0, 0.1) is 0 Å². The van der Waals surface area contributed by atoms with Crippen LogP contribution in [0.3, 0.4) is 0 Å². The lowest BCUT2D eigenvalue weighted by molar-refractivity contribution is 0.382. The molecule has 2 heterocycles. The molecule has 0 aliphatic carbocycles. The van der Waals surface area contributed by atoms with Gasteiger partial charge in [0.1, 0.15) is 0 Å². The van der Waals surface area contributed by atoms with Gasteiger partial charge < -0.3 is 4.74 Å². The molecule has 0 fully saturated rings. The predicted molar refractivity (Wildman–Crippen MR) is 67.8 cm³/mol. The molecule has 1 atom stereocenters. The van der Waals surface area contributed by atoms with E-state index in [1.165, 1.54) is 0 Å². The minimum atomic E-state index is -0.0575. The number of hydrogen-bond acceptors (Lipinski definition) is 5. The molecular weight excluding hydrogens is 230 g/mol. The summed E-state index contributed by atoms with van der Waals surface area (Å²) in [4.78, 5) is 4.17. The number of rotatable bonds is 5. The van der Waals surface area contributed by atoms with Crippen molar-refractivity contribution < 1.29 is 4.74 Å². The highest BCUT2D eigenvalue weighted by atomic mass is 16.5. The molecule has 2 aromatic heterocycles. The first-order valence-corrected chi connectivity index (χ1v) is 5.67. The summed E-state index contributed by atoms with van der Waals surface area (Å²) in [5.74, 6) is 6.21. The molecule has 6 heteroatoms. The van der Waals surface area contributed by atoms with Crippen LogP contribution >= 0.6 is 0 Å². The summed E-state index contributed by atoms with van der Waals surface area (Å²) in [6.07, 6.45) is 6.22. The van der Waals surface area contributed by atoms with Crippen molar-refractivity contribution in [2.45, 2.75) is 12.5 Å². The van der Waals surface area contributed by atoms with Crippen molar-refractivity contribution in [1.82, 2.24) is 20.2 Å². The molecule has 0 saturated carbocycles. The summed E-state index contributed by atoms with van der Waals surface area (Å²) in [5.41, 5.74) is 4.83. The topological polar surface area (TPSA) is 78.0 Å². The highest BCUT2D eigenvalue weighted by molar-refractivity contribution is 5.30. The van der Waals surface area contributed by atoms with Gasteiger partial charge in [0, 0.05) is 25.0 Å². The van der Waals surface area contributed by atoms with Crippen molar-refractivity contribution in [3.8, 4) is 5.88 Å². The van der Waals surface area contributed by atoms with Gasteiger partial charge in [0.2, 0.25) is 5.88 Å². The molecule has 96 valence electrons. The van der Waals surface area contributed by atoms with E-state index in [1.54, 1.807) is 18.0 Å². The van der Waals surface area contributed by atoms with Gasteiger partial charge in [-0.25, -0.2) is 4.98 Å². The molecule has 0 aliphatic heterocycles. The highest BCUT2D eigenvalue weighted by Crippen LogP contribution is 2.24. The maximum atomic E-state index is 5.62. The lowest BCUT2D eigenvalue weighted by atomic mass is 10.0. The minimum absolute atomic E-state index is 0.0575. The van der Waals surface area contributed by atoms with E-state index in [0.29, 0.717) is 5.88 Å². The zero-order valence-electron chi connectivity index (χ0n) is 10.5. The molecule has 2 rings (SSSR count). The molecule has 0 spiro atoms. The fourth-order valence-corrected chi connectivity index (χ4v) is 1.91. The van der Waals surface area contributed by atoms with Gasteiger partial charge >= 0.3 is 0 Å². The summed E-state index contributed by atoms with van der Waals surface area (Å²) in [6.45, 7) is 0. The fourth-order valence-electron chi connectivity index (χ4n) is 1.91. The predicted octanol–water partition coefficient (Wildman–Crippen LogP) is 0.571. The number of aryl methyl sites for hydroxylation is 1. The molecule has 0 aliphatic rings. The van der Waals surface area contributed by atoms with Gasteiger partial charge in [-0.05, 0) is 18.1 Å². The van der Waals surface area contributed by atoms with Gasteiger partial charge in [0.15, 0.2) is 0 Å². The van der Waals surface area contributed by atoms with E-state index in [9.17, 15) is 0 Å². The fraction of sp³-hybridized carbons (Fsp3) is 0.333. The SMILES string of the molecule is COc1ncccc1C(Cc1cnn(C)c1)NN. The highest BCUT2D eigenvalue weighted by Gasteiger charge is 2.16. The Morgan fingerprint density at radius 2 is 2.39 bits per heavy atom. The van der Waals surface area contributed by atoms with Gasteiger partial charge in [-0.15, -0.1) is 0 Å². The van der Waals surface area contributed by atoms with Gasteiger partial charge in [0.05, 0.1) is 19.3 Å². The number of ether oxygens (including phenoxy) is 1. The van der Waals surface area contributed by atoms with Crippen LogP contribution in [0.2, 0.25) is 0 Å². The Morgan fingerprint density at radius 1 is 1.56 bits per heavy atom. The molecule has 18 heavy (non-hydrogen) atoms. The molecule has 0 radical (unpaired) electrons. The number of nitrogens with zero attached hydrogens (tertiary/aromatic N) is 3. The summed E-state index contributed by atoms with van der Waals surface area (Å²) >= 11 is 0. The number of pyridine rings is 1. The van der Waals surface area contributed by atoms with Crippen molar-refractivity contribution in [2.24, 2.45) is 12.9 Å². The van der Waals surface area contributed by atoms with Crippen LogP contribution in [0.1, 0.15) is 17.2 Å². The van der Waals surface area contributed by atoms with E-state index in [-0.39, 0.29) is 6.04 Å². The van der Waals surface area contributed by atoms with E-state index in [1.807, 2.05) is 31.6 Å². The van der Waals surface area contributed by atoms with Crippen molar-refractivity contribution in [3.63, 3.8) is 0 Å². The molecule has 0 bridgehead atoms. The van der Waals surface area contributed by atoms with Gasteiger partial charge in [0.25, 0.3) is 0 Å². The third kappa shape index (κ3) is 2.66. The van der Waals surface area contributed by atoms with Crippen LogP contribution in [0.15, 0.2) is 30.7 Å². The summed E-state index contributed by atoms with van der Waals surface area (Å²) in [5, 5.41) is 4.14. The van der Waals surface area contributed by atoms with E-state index >= 15 is 0 Å². The van der Waals surface area contributed by atoms with E-state index < -0.39 is 0 Å². The second-order valence-corrected chi connectivity index (χ2v) is 4.05. The lowest BCUT2D eigenvalue weighted by Gasteiger charge is -2.17. The largest absolute Gasteiger partial charge is 0.481 e. The van der Waals surface area contributed by atoms with Crippen LogP contribution in [0.5, 0.6) is 5.88 Å². The first kappa shape index (κ1) is 12.5. The molecular formula is C12H17N5O. The van der Waals surface area contributed by atoms with Gasteiger partial charge in [-0.2, -0.15) is 5.10 Å². The normalized spacial score (nSPS) is 12.4. The van der Waals surface area contributed by atoms with E-state index in [0.717, 1.165) is 17.5 Å². The number of hydrazine groups is 1. The Morgan fingerprint density at radius 3 is 3.00 bits per heavy atom. The maximum absolute atomic E-state index is 5.62. The molecule has 6 nitrogen and oxygen atoms in total. The van der Waals surface area contributed by atoms with E-state index in [2.05, 4.69) is 15.5 Å². The van der Waals surface area contributed by atoms with Crippen molar-refractivity contribution in [3.05, 3.63) is 41.9 Å². The maximum Gasteiger partial charge on any atom is 0.217 e. The Bertz CT molecular complexity index is 511. The van der Waals surface area contributed by atoms with Gasteiger partial charge in [-0.3, -0.25) is 16.0 Å². The van der Waals surface area contributed by atoms with Crippen LogP contribution in [-0.2, 0) is 13.5 Å². The average molecular weight is 247 g/mol. The Labute approximate surface area is 106 Å². The first-order chi connectivity index (χ1) is 8.74. The second-order valence-electron chi connectivity index (χ2n) is 4.05. The van der Waals surface area contributed by atoms with Crippen LogP contribution in [0.25, 0.3) is 0 Å². The zero-order chi connectivity index (χ0) is 13.0. The summed E-state index contributed by atoms with van der Waals surface area (Å²) in [6, 6.07) is 3.76. The van der Waals surface area contributed by atoms with Crippen LogP contribution in [0.4, 0.5) is 0 Å². The second kappa shape index (κ2) is 5.61. The number of nitrogens with one attached hydrogen (secondary N) is 1. The molecule has 3 N–H and O–H groups in total. The quantitative estimate of drug-likeness (QED) is 0.596. The Kier molecular flexibility index (Phi) is 3.91. The number of nitrogens with two attached hydrogens (primary N) is 1. The number of aromatic nitrogens is 3. The minimum Gasteiger partial charge on any atom is -0.481 e. The number of methoxy groups -OCH3 is 1. The molecule has 0 saturated heterocycles. The smallest absolute Gasteiger partial charge is 0.217 e. The van der Waals surface area contributed by atoms with Crippen molar-refractivity contribution in [2.75, 3.05) is 7.11 Å². The standard InChI is InChI=1S/C12H17N5O/c1-17-8-9(7-15-17)6-11(16-13)10-4-3-5-14-12(10)18-2/h3-5,7-8,11,16H,6,13H2,1-2H3. The molecule has 1 unspecified atom stereocenters. The molecule has 0 aromatic carbocycles. The van der Waals surface area contributed by atoms with Crippen molar-refractivity contribution >= 4 is 0 Å². The summed E-state index contributed by atoms with van der Waals surface area (Å²) in [7, 11) is 3.49. The van der Waals surface area contributed by atoms with Crippen LogP contribution < -0.4 is 16.0 Å². The van der Waals surface area contributed by atoms with Gasteiger partial charge in [-0.1, -0.05) is 6.07 Å². The van der Waals surface area contributed by atoms with Crippen molar-refractivity contribution in [1.29, 1.82) is 0 Å². The monoisotopic (exact) mass is 247 g/mol. The zero-order valence-corrected chi connectivity index (χ0v) is 10.5. The molecule has 2 aromatic rings. The third-order valence-corrected chi connectivity index (χ3v) is 2.77.